The van der Waals surface area contributed by atoms with Gasteiger partial charge in [-0.3, -0.25) is 14.4 Å². The largest absolute Gasteiger partial charge is 0.349 e. The average molecular weight is 386 g/mol. The SMILES string of the molecule is C[C@H]1CCCN(C(=O)c2cn(C3CCCCC3)cc(C(=O)NC3CC3)c2=O)C1. The van der Waals surface area contributed by atoms with E-state index >= 15 is 0 Å². The molecule has 1 saturated heterocycles. The van der Waals surface area contributed by atoms with E-state index in [1.54, 1.807) is 17.3 Å². The Morgan fingerprint density at radius 2 is 1.68 bits per heavy atom. The second kappa shape index (κ2) is 8.10. The van der Waals surface area contributed by atoms with Crippen LogP contribution in [0.1, 0.15) is 91.5 Å². The molecule has 0 unspecified atom stereocenters. The normalized spacial score (nSPS) is 23.5. The summed E-state index contributed by atoms with van der Waals surface area (Å²) >= 11 is 0. The lowest BCUT2D eigenvalue weighted by atomic mass is 9.94. The summed E-state index contributed by atoms with van der Waals surface area (Å²) in [5, 5.41) is 2.92. The van der Waals surface area contributed by atoms with Gasteiger partial charge in [-0.25, -0.2) is 0 Å². The average Bonchev–Trinajstić information content (AvgIpc) is 3.52. The number of hydrogen-bond acceptors (Lipinski definition) is 3. The Balaban J connectivity index is 1.69. The van der Waals surface area contributed by atoms with Crippen LogP contribution in [-0.4, -0.2) is 40.4 Å². The standard InChI is InChI=1S/C22H31N3O3/c1-15-6-5-11-24(12-15)22(28)19-14-25(17-7-3-2-4-8-17)13-18(20(19)26)21(27)23-16-9-10-16/h13-17H,2-12H2,1H3,(H,23,27)/t15-/m0/s1. The van der Waals surface area contributed by atoms with Gasteiger partial charge in [-0.1, -0.05) is 26.2 Å². The van der Waals surface area contributed by atoms with Gasteiger partial charge in [0.25, 0.3) is 11.8 Å². The molecule has 2 saturated carbocycles. The lowest BCUT2D eigenvalue weighted by molar-refractivity contribution is 0.0680. The molecule has 1 N–H and O–H groups in total. The van der Waals surface area contributed by atoms with Gasteiger partial charge in [-0.2, -0.15) is 0 Å². The van der Waals surface area contributed by atoms with Gasteiger partial charge in [0, 0.05) is 37.6 Å². The number of rotatable bonds is 4. The summed E-state index contributed by atoms with van der Waals surface area (Å²) in [4.78, 5) is 40.8. The predicted molar refractivity (Wildman–Crippen MR) is 108 cm³/mol. The number of likely N-dealkylation sites (tertiary alicyclic amines) is 1. The van der Waals surface area contributed by atoms with Crippen LogP contribution in [0.15, 0.2) is 17.2 Å². The molecule has 4 rings (SSSR count). The number of pyridine rings is 1. The molecule has 2 heterocycles. The number of amides is 2. The minimum Gasteiger partial charge on any atom is -0.349 e. The van der Waals surface area contributed by atoms with Crippen molar-refractivity contribution in [3.63, 3.8) is 0 Å². The summed E-state index contributed by atoms with van der Waals surface area (Å²) in [6.07, 6.45) is 13.0. The van der Waals surface area contributed by atoms with Gasteiger partial charge in [-0.05, 0) is 44.4 Å². The lowest BCUT2D eigenvalue weighted by Crippen LogP contribution is -2.42. The van der Waals surface area contributed by atoms with Gasteiger partial charge in [0.2, 0.25) is 5.43 Å². The zero-order valence-electron chi connectivity index (χ0n) is 16.8. The highest BCUT2D eigenvalue weighted by Crippen LogP contribution is 2.28. The molecule has 3 aliphatic rings. The van der Waals surface area contributed by atoms with E-state index in [0.717, 1.165) is 51.4 Å². The molecule has 28 heavy (non-hydrogen) atoms. The molecule has 0 bridgehead atoms. The zero-order chi connectivity index (χ0) is 19.7. The lowest BCUT2D eigenvalue weighted by Gasteiger charge is -2.31. The van der Waals surface area contributed by atoms with E-state index in [1.165, 1.54) is 6.42 Å². The number of nitrogens with zero attached hydrogens (tertiary/aromatic N) is 2. The fourth-order valence-electron chi connectivity index (χ4n) is 4.54. The molecule has 1 atom stereocenters. The molecule has 1 aromatic rings. The second-order valence-electron chi connectivity index (χ2n) is 8.90. The quantitative estimate of drug-likeness (QED) is 0.866. The molecule has 6 heteroatoms. The second-order valence-corrected chi connectivity index (χ2v) is 8.90. The summed E-state index contributed by atoms with van der Waals surface area (Å²) in [7, 11) is 0. The van der Waals surface area contributed by atoms with E-state index in [9.17, 15) is 14.4 Å². The fourth-order valence-corrected chi connectivity index (χ4v) is 4.54. The van der Waals surface area contributed by atoms with Crippen LogP contribution in [0.2, 0.25) is 0 Å². The van der Waals surface area contributed by atoms with Crippen molar-refractivity contribution in [2.75, 3.05) is 13.1 Å². The highest BCUT2D eigenvalue weighted by molar-refractivity contribution is 5.99. The van der Waals surface area contributed by atoms with Crippen molar-refractivity contribution in [2.45, 2.75) is 76.8 Å². The number of nitrogens with one attached hydrogen (secondary N) is 1. The summed E-state index contributed by atoms with van der Waals surface area (Å²) < 4.78 is 1.98. The molecule has 1 aromatic heterocycles. The highest BCUT2D eigenvalue weighted by atomic mass is 16.2. The van der Waals surface area contributed by atoms with E-state index in [0.29, 0.717) is 19.0 Å². The number of hydrogen-bond donors (Lipinski definition) is 1. The summed E-state index contributed by atoms with van der Waals surface area (Å²) in [5.41, 5.74) is -0.148. The third-order valence-electron chi connectivity index (χ3n) is 6.37. The topological polar surface area (TPSA) is 71.4 Å². The first-order valence-electron chi connectivity index (χ1n) is 10.9. The molecule has 2 amide bonds. The zero-order valence-corrected chi connectivity index (χ0v) is 16.8. The molecule has 152 valence electrons. The minimum atomic E-state index is -0.423. The van der Waals surface area contributed by atoms with Crippen LogP contribution in [-0.2, 0) is 0 Å². The molecule has 2 aliphatic carbocycles. The van der Waals surface area contributed by atoms with Gasteiger partial charge in [0.1, 0.15) is 11.1 Å². The summed E-state index contributed by atoms with van der Waals surface area (Å²) in [6, 6.07) is 0.436. The van der Waals surface area contributed by atoms with E-state index in [2.05, 4.69) is 12.2 Å². The van der Waals surface area contributed by atoms with E-state index in [1.807, 2.05) is 4.57 Å². The maximum absolute atomic E-state index is 13.2. The van der Waals surface area contributed by atoms with Crippen molar-refractivity contribution in [1.29, 1.82) is 0 Å². The van der Waals surface area contributed by atoms with Crippen LogP contribution in [0.3, 0.4) is 0 Å². The minimum absolute atomic E-state index is 0.119. The first-order valence-corrected chi connectivity index (χ1v) is 10.9. The first kappa shape index (κ1) is 19.2. The molecule has 0 spiro atoms. The monoisotopic (exact) mass is 385 g/mol. The Bertz CT molecular complexity index is 806. The maximum atomic E-state index is 13.2. The summed E-state index contributed by atoms with van der Waals surface area (Å²) in [5.74, 6) is -0.111. The molecule has 6 nitrogen and oxygen atoms in total. The number of piperidine rings is 1. The molecular weight excluding hydrogens is 354 g/mol. The maximum Gasteiger partial charge on any atom is 0.259 e. The Morgan fingerprint density at radius 3 is 2.36 bits per heavy atom. The van der Waals surface area contributed by atoms with Gasteiger partial charge < -0.3 is 14.8 Å². The van der Waals surface area contributed by atoms with Crippen LogP contribution in [0.5, 0.6) is 0 Å². The smallest absolute Gasteiger partial charge is 0.259 e. The fraction of sp³-hybridized carbons (Fsp3) is 0.682. The van der Waals surface area contributed by atoms with E-state index in [4.69, 9.17) is 0 Å². The van der Waals surface area contributed by atoms with Crippen molar-refractivity contribution < 1.29 is 9.59 Å². The molecule has 0 radical (unpaired) electrons. The van der Waals surface area contributed by atoms with Crippen LogP contribution in [0, 0.1) is 5.92 Å². The van der Waals surface area contributed by atoms with Gasteiger partial charge >= 0.3 is 0 Å². The van der Waals surface area contributed by atoms with Crippen molar-refractivity contribution >= 4 is 11.8 Å². The third kappa shape index (κ3) is 4.15. The highest BCUT2D eigenvalue weighted by Gasteiger charge is 2.30. The Kier molecular flexibility index (Phi) is 5.56. The summed E-state index contributed by atoms with van der Waals surface area (Å²) in [6.45, 7) is 3.50. The first-order chi connectivity index (χ1) is 13.5. The van der Waals surface area contributed by atoms with Crippen molar-refractivity contribution in [3.05, 3.63) is 33.7 Å². The van der Waals surface area contributed by atoms with Crippen LogP contribution >= 0.6 is 0 Å². The molecule has 3 fully saturated rings. The Labute approximate surface area is 166 Å². The number of carbonyl (C=O) groups excluding carboxylic acids is 2. The molecular formula is C22H31N3O3. The Hall–Kier alpha value is -2.11. The van der Waals surface area contributed by atoms with E-state index in [-0.39, 0.29) is 35.0 Å². The van der Waals surface area contributed by atoms with Gasteiger partial charge in [-0.15, -0.1) is 0 Å². The third-order valence-corrected chi connectivity index (χ3v) is 6.37. The van der Waals surface area contributed by atoms with E-state index < -0.39 is 5.43 Å². The number of aromatic nitrogens is 1. The van der Waals surface area contributed by atoms with Gasteiger partial charge in [0.15, 0.2) is 0 Å². The van der Waals surface area contributed by atoms with Crippen molar-refractivity contribution in [3.8, 4) is 0 Å². The van der Waals surface area contributed by atoms with Crippen LogP contribution in [0.4, 0.5) is 0 Å². The van der Waals surface area contributed by atoms with Crippen molar-refractivity contribution in [2.24, 2.45) is 5.92 Å². The van der Waals surface area contributed by atoms with Crippen molar-refractivity contribution in [1.82, 2.24) is 14.8 Å². The van der Waals surface area contributed by atoms with Gasteiger partial charge in [0.05, 0.1) is 0 Å². The Morgan fingerprint density at radius 1 is 0.964 bits per heavy atom. The number of carbonyl (C=O) groups is 2. The predicted octanol–water partition coefficient (Wildman–Crippen LogP) is 3.12. The van der Waals surface area contributed by atoms with Crippen LogP contribution in [0.25, 0.3) is 0 Å². The van der Waals surface area contributed by atoms with Crippen LogP contribution < -0.4 is 10.7 Å². The molecule has 0 aromatic carbocycles. The molecule has 1 aliphatic heterocycles.